The van der Waals surface area contributed by atoms with Crippen LogP contribution in [0, 0.1) is 0 Å². The minimum absolute atomic E-state index is 0. The Kier molecular flexibility index (Phi) is 90.0. The number of aliphatic carboxylic acids is 3. The van der Waals surface area contributed by atoms with Gasteiger partial charge in [0.25, 0.3) is 0 Å². The van der Waals surface area contributed by atoms with Crippen LogP contribution in [-0.2, 0) is 49.1 Å². The molecule has 0 aliphatic rings. The number of carbonyl (C=O) groups is 3. The number of unbranched alkanes of at least 4 members (excludes halogenated alkanes) is 30. The van der Waals surface area contributed by atoms with Crippen LogP contribution in [0.15, 0.2) is 0 Å². The summed E-state index contributed by atoms with van der Waals surface area (Å²) in [6, 6.07) is 0. The van der Waals surface area contributed by atoms with Gasteiger partial charge in [0.15, 0.2) is 0 Å². The Balaban J connectivity index is -0.0000000912. The molecule has 53 heavy (non-hydrogen) atoms. The third kappa shape index (κ3) is 85.7. The minimum atomic E-state index is -0.907. The van der Waals surface area contributed by atoms with Crippen LogP contribution in [0.5, 0.6) is 0 Å². The Morgan fingerprint density at radius 1 is 0.264 bits per heavy atom. The summed E-state index contributed by atoms with van der Waals surface area (Å²) in [5, 5.41) is 30.4. The Morgan fingerprint density at radius 2 is 0.377 bits per heavy atom. The van der Waals surface area contributed by atoms with E-state index in [4.69, 9.17) is 0 Å². The molecule has 0 atom stereocenters. The number of hydrogen-bond acceptors (Lipinski definition) is 6. The number of hydrogen-bond donors (Lipinski definition) is 0. The fourth-order valence-corrected chi connectivity index (χ4v) is 5.80. The van der Waals surface area contributed by atoms with E-state index in [1.54, 1.807) is 0 Å². The van der Waals surface area contributed by atoms with Crippen LogP contribution in [0.4, 0.5) is 0 Å². The summed E-state index contributed by atoms with van der Waals surface area (Å²) in [6.45, 7) is 6.73. The van der Waals surface area contributed by atoms with Gasteiger partial charge >= 0.3 is 34.7 Å². The predicted octanol–water partition coefficient (Wildman–Crippen LogP) is 1.32. The van der Waals surface area contributed by atoms with E-state index in [0.29, 0.717) is 0 Å². The number of carboxylic acid groups (broad SMARTS) is 3. The van der Waals surface area contributed by atoms with Crippen LogP contribution in [0.3, 0.4) is 0 Å². The molecule has 0 rings (SSSR count). The van der Waals surface area contributed by atoms with Crippen molar-refractivity contribution in [3.63, 3.8) is 0 Å². The van der Waals surface area contributed by atoms with Crippen molar-refractivity contribution in [1.82, 2.24) is 0 Å². The molecule has 6 nitrogen and oxygen atoms in total. The van der Waals surface area contributed by atoms with Crippen LogP contribution in [0.25, 0.3) is 0 Å². The molecule has 0 aromatic carbocycles. The number of rotatable bonds is 36. The molecule has 0 saturated heterocycles. The van der Waals surface area contributed by atoms with Crippen LogP contribution >= 0.6 is 0 Å². The van der Waals surface area contributed by atoms with Crippen molar-refractivity contribution in [3.8, 4) is 0 Å². The maximum absolute atomic E-state index is 10.1. The van der Waals surface area contributed by atoms with Crippen LogP contribution in [0.2, 0.25) is 0 Å². The zero-order valence-electron chi connectivity index (χ0n) is 34.4. The van der Waals surface area contributed by atoms with E-state index in [9.17, 15) is 29.7 Å². The fourth-order valence-electron chi connectivity index (χ4n) is 5.80. The third-order valence-electron chi connectivity index (χ3n) is 8.95. The van der Waals surface area contributed by atoms with Gasteiger partial charge in [-0.25, -0.2) is 0 Å². The molecule has 11 heteroatoms. The van der Waals surface area contributed by atoms with Gasteiger partial charge in [-0.15, -0.1) is 0 Å². The maximum Gasteiger partial charge on any atom is 3.00 e. The molecule has 0 unspecified atom stereocenters. The molecule has 0 amide bonds. The summed E-state index contributed by atoms with van der Waals surface area (Å²) in [5.74, 6) is -2.72. The second-order valence-electron chi connectivity index (χ2n) is 14.0. The second-order valence-corrected chi connectivity index (χ2v) is 14.0. The molecule has 0 aliphatic carbocycles. The first kappa shape index (κ1) is 71.1. The first-order valence-corrected chi connectivity index (χ1v) is 20.9. The Bertz CT molecular complexity index is 579. The van der Waals surface area contributed by atoms with Gasteiger partial charge in [-0.05, 0) is 38.5 Å². The number of carbonyl (C=O) groups excluding carboxylic acids is 3. The van der Waals surface area contributed by atoms with Crippen LogP contribution < -0.4 is 52.5 Å². The molecule has 318 valence electrons. The number of halogens is 3. The van der Waals surface area contributed by atoms with Gasteiger partial charge in [-0.2, -0.15) is 0 Å². The molecule has 0 saturated carbocycles. The molecule has 0 fully saturated rings. The molecule has 0 N–H and O–H groups in total. The van der Waals surface area contributed by atoms with Gasteiger partial charge in [0.2, 0.25) is 0 Å². The largest absolute Gasteiger partial charge is 3.00 e. The van der Waals surface area contributed by atoms with E-state index < -0.39 is 17.9 Å². The molecule has 0 aromatic rings. The average molecular weight is 892 g/mol. The van der Waals surface area contributed by atoms with E-state index in [2.05, 4.69) is 20.8 Å². The molecular weight excluding hydrogens is 811 g/mol. The molecule has 0 aliphatic heterocycles. The standard InChI is InChI=1S/3C14H28O2.3ClH.2Cr/c3*1-2-3-4-5-6-7-8-9-10-11-12-13-14(15)16;;;;;/h3*2-13H2,1H3,(H,15,16);3*1H;;/q;;;;;;2*+3/p-6. The SMILES string of the molecule is CCCCCCCCCCCCCC(=O)[O-].CCCCCCCCCCCCCC(=O)[O-].CCCCCCCCCCCCCC(=O)[O-].[Cl-].[Cl-].[Cl-].[Cr+3].[Cr+3]. The first-order chi connectivity index (χ1) is 23.3. The van der Waals surface area contributed by atoms with E-state index in [1.165, 1.54) is 173 Å². The molecule has 0 aromatic heterocycles. The van der Waals surface area contributed by atoms with Crippen LogP contribution in [-0.4, -0.2) is 17.9 Å². The van der Waals surface area contributed by atoms with Gasteiger partial charge in [-0.3, -0.25) is 0 Å². The van der Waals surface area contributed by atoms with Crippen LogP contribution in [0.1, 0.15) is 252 Å². The Hall–Kier alpha value is 0.345. The summed E-state index contributed by atoms with van der Waals surface area (Å²) in [6.07, 6.45) is 42.1. The zero-order valence-corrected chi connectivity index (χ0v) is 39.2. The Morgan fingerprint density at radius 3 is 0.491 bits per heavy atom. The summed E-state index contributed by atoms with van der Waals surface area (Å²) in [7, 11) is 0. The summed E-state index contributed by atoms with van der Waals surface area (Å²) >= 11 is 0. The fraction of sp³-hybridized carbons (Fsp3) is 0.929. The minimum Gasteiger partial charge on any atom is -1.00 e. The van der Waals surface area contributed by atoms with Gasteiger partial charge in [0.1, 0.15) is 0 Å². The Labute approximate surface area is 369 Å². The topological polar surface area (TPSA) is 120 Å². The quantitative estimate of drug-likeness (QED) is 0.0877. The number of carboxylic acids is 3. The molecule has 2 radical (unpaired) electrons. The monoisotopic (exact) mass is 890 g/mol. The smallest absolute Gasteiger partial charge is 1.00 e. The van der Waals surface area contributed by atoms with Crippen molar-refractivity contribution in [2.24, 2.45) is 0 Å². The van der Waals surface area contributed by atoms with E-state index >= 15 is 0 Å². The van der Waals surface area contributed by atoms with E-state index in [0.717, 1.165) is 38.5 Å². The van der Waals surface area contributed by atoms with Crippen molar-refractivity contribution in [2.45, 2.75) is 252 Å². The van der Waals surface area contributed by atoms with Gasteiger partial charge in [0, 0.05) is 17.9 Å². The zero-order chi connectivity index (χ0) is 36.2. The van der Waals surface area contributed by atoms with Crippen molar-refractivity contribution in [3.05, 3.63) is 0 Å². The molecule has 0 heterocycles. The third-order valence-corrected chi connectivity index (χ3v) is 8.95. The summed E-state index contributed by atoms with van der Waals surface area (Å²) in [4.78, 5) is 30.4. The first-order valence-electron chi connectivity index (χ1n) is 20.9. The van der Waals surface area contributed by atoms with E-state index in [-0.39, 0.29) is 91.2 Å². The molecular formula is C42H81Cl3Cr2O6. The van der Waals surface area contributed by atoms with Gasteiger partial charge in [-0.1, -0.05) is 213 Å². The maximum atomic E-state index is 10.1. The summed E-state index contributed by atoms with van der Waals surface area (Å²) in [5.41, 5.74) is 0. The van der Waals surface area contributed by atoms with Crippen molar-refractivity contribution in [2.75, 3.05) is 0 Å². The molecule has 0 bridgehead atoms. The van der Waals surface area contributed by atoms with Crippen molar-refractivity contribution in [1.29, 1.82) is 0 Å². The van der Waals surface area contributed by atoms with Crippen molar-refractivity contribution < 1.29 is 102 Å². The summed E-state index contributed by atoms with van der Waals surface area (Å²) < 4.78 is 0. The van der Waals surface area contributed by atoms with E-state index in [1.807, 2.05) is 0 Å². The van der Waals surface area contributed by atoms with Crippen molar-refractivity contribution >= 4 is 17.9 Å². The van der Waals surface area contributed by atoms with Gasteiger partial charge < -0.3 is 66.9 Å². The normalized spacial score (nSPS) is 9.57. The molecule has 0 spiro atoms. The second kappa shape index (κ2) is 67.1. The average Bonchev–Trinajstić information content (AvgIpc) is 3.05. The predicted molar refractivity (Wildman–Crippen MR) is 198 cm³/mol. The van der Waals surface area contributed by atoms with Gasteiger partial charge in [0.05, 0.1) is 0 Å².